The zero-order valence-electron chi connectivity index (χ0n) is 8.22. The van der Waals surface area contributed by atoms with Crippen LogP contribution in [0.2, 0.25) is 0 Å². The smallest absolute Gasteiger partial charge is 0.317 e. The molecular formula is C9H10BrNO4S. The first-order valence-corrected chi connectivity index (χ1v) is 6.03. The number of halogens is 1. The molecule has 0 aliphatic rings. The van der Waals surface area contributed by atoms with Crippen molar-refractivity contribution in [3.05, 3.63) is 20.8 Å². The molecule has 1 aromatic rings. The lowest BCUT2D eigenvalue weighted by Crippen LogP contribution is -2.33. The lowest BCUT2D eigenvalue weighted by molar-refractivity contribution is -0.141. The summed E-state index contributed by atoms with van der Waals surface area (Å²) in [6.45, 7) is -0.236. The van der Waals surface area contributed by atoms with E-state index in [1.54, 1.807) is 0 Å². The third-order valence-electron chi connectivity index (χ3n) is 1.75. The van der Waals surface area contributed by atoms with Crippen molar-refractivity contribution in [2.24, 2.45) is 0 Å². The molecule has 0 saturated heterocycles. The molecule has 1 rings (SSSR count). The fourth-order valence-corrected chi connectivity index (χ4v) is 2.44. The van der Waals surface area contributed by atoms with E-state index in [1.165, 1.54) is 16.2 Å². The molecule has 0 spiro atoms. The second kappa shape index (κ2) is 5.97. The van der Waals surface area contributed by atoms with Crippen LogP contribution in [0.5, 0.6) is 0 Å². The van der Waals surface area contributed by atoms with Crippen LogP contribution in [0, 0.1) is 0 Å². The van der Waals surface area contributed by atoms with Crippen molar-refractivity contribution in [2.45, 2.75) is 6.54 Å². The monoisotopic (exact) mass is 307 g/mol. The molecule has 88 valence electrons. The Morgan fingerprint density at radius 1 is 1.31 bits per heavy atom. The second-order valence-corrected chi connectivity index (χ2v) is 5.48. The summed E-state index contributed by atoms with van der Waals surface area (Å²) in [7, 11) is 0. The maximum Gasteiger partial charge on any atom is 0.317 e. The average molecular weight is 308 g/mol. The molecule has 0 unspecified atom stereocenters. The molecule has 0 atom stereocenters. The van der Waals surface area contributed by atoms with Gasteiger partial charge in [0.1, 0.15) is 0 Å². The number of hydrogen-bond acceptors (Lipinski definition) is 4. The van der Waals surface area contributed by atoms with Crippen LogP contribution in [0.1, 0.15) is 5.56 Å². The van der Waals surface area contributed by atoms with Gasteiger partial charge in [0.15, 0.2) is 0 Å². The maximum atomic E-state index is 10.5. The fourth-order valence-electron chi connectivity index (χ4n) is 1.24. The van der Waals surface area contributed by atoms with Gasteiger partial charge in [0.2, 0.25) is 0 Å². The van der Waals surface area contributed by atoms with Gasteiger partial charge in [0, 0.05) is 6.54 Å². The van der Waals surface area contributed by atoms with Crippen LogP contribution in [0.15, 0.2) is 15.2 Å². The summed E-state index contributed by atoms with van der Waals surface area (Å²) >= 11 is 4.77. The first kappa shape index (κ1) is 13.1. The molecule has 16 heavy (non-hydrogen) atoms. The quantitative estimate of drug-likeness (QED) is 0.832. The van der Waals surface area contributed by atoms with Crippen molar-refractivity contribution in [1.29, 1.82) is 0 Å². The van der Waals surface area contributed by atoms with Crippen molar-refractivity contribution in [3.8, 4) is 0 Å². The Balaban J connectivity index is 2.62. The van der Waals surface area contributed by atoms with E-state index in [1.807, 2.05) is 11.4 Å². The average Bonchev–Trinajstić information content (AvgIpc) is 2.48. The summed E-state index contributed by atoms with van der Waals surface area (Å²) in [5, 5.41) is 19.1. The molecule has 5 nitrogen and oxygen atoms in total. The van der Waals surface area contributed by atoms with Gasteiger partial charge in [-0.3, -0.25) is 14.5 Å². The van der Waals surface area contributed by atoms with Gasteiger partial charge in [-0.2, -0.15) is 0 Å². The van der Waals surface area contributed by atoms with Crippen LogP contribution in [0.3, 0.4) is 0 Å². The molecular weight excluding hydrogens is 298 g/mol. The van der Waals surface area contributed by atoms with Gasteiger partial charge in [0.25, 0.3) is 0 Å². The largest absolute Gasteiger partial charge is 0.480 e. The standard InChI is InChI=1S/C9H10BrNO4S/c10-7-1-6(5-16-7)2-11(3-8(12)13)4-9(14)15/h1,5H,2-4H2,(H,12,13)(H,14,15). The van der Waals surface area contributed by atoms with Gasteiger partial charge in [-0.05, 0) is 32.9 Å². The molecule has 0 amide bonds. The number of carboxylic acid groups (broad SMARTS) is 2. The minimum atomic E-state index is -1.03. The number of nitrogens with zero attached hydrogens (tertiary/aromatic N) is 1. The van der Waals surface area contributed by atoms with E-state index in [4.69, 9.17) is 10.2 Å². The maximum absolute atomic E-state index is 10.5. The molecule has 0 aliphatic carbocycles. The molecule has 0 fully saturated rings. The molecule has 0 saturated carbocycles. The first-order chi connectivity index (χ1) is 7.47. The first-order valence-electron chi connectivity index (χ1n) is 4.36. The predicted octanol–water partition coefficient (Wildman–Crippen LogP) is 1.48. The molecule has 0 bridgehead atoms. The topological polar surface area (TPSA) is 77.8 Å². The van der Waals surface area contributed by atoms with E-state index in [-0.39, 0.29) is 13.1 Å². The number of aliphatic carboxylic acids is 2. The number of hydrogen-bond donors (Lipinski definition) is 2. The van der Waals surface area contributed by atoms with E-state index in [9.17, 15) is 9.59 Å². The SMILES string of the molecule is O=C(O)CN(CC(=O)O)Cc1csc(Br)c1. The van der Waals surface area contributed by atoms with E-state index in [0.29, 0.717) is 6.54 Å². The molecule has 1 heterocycles. The van der Waals surface area contributed by atoms with E-state index >= 15 is 0 Å². The fraction of sp³-hybridized carbons (Fsp3) is 0.333. The zero-order chi connectivity index (χ0) is 12.1. The number of rotatable bonds is 6. The highest BCUT2D eigenvalue weighted by Gasteiger charge is 2.14. The zero-order valence-corrected chi connectivity index (χ0v) is 10.6. The molecule has 0 aromatic carbocycles. The molecule has 7 heteroatoms. The third kappa shape index (κ3) is 4.73. The van der Waals surface area contributed by atoms with Crippen LogP contribution >= 0.6 is 27.3 Å². The summed E-state index contributed by atoms with van der Waals surface area (Å²) in [6.07, 6.45) is 0. The summed E-state index contributed by atoms with van der Waals surface area (Å²) in [4.78, 5) is 22.5. The molecule has 0 aliphatic heterocycles. The Labute approximate surface area is 104 Å². The Kier molecular flexibility index (Phi) is 4.91. The van der Waals surface area contributed by atoms with Crippen molar-refractivity contribution >= 4 is 39.2 Å². The van der Waals surface area contributed by atoms with Gasteiger partial charge in [-0.25, -0.2) is 0 Å². The predicted molar refractivity (Wildman–Crippen MR) is 62.6 cm³/mol. The van der Waals surface area contributed by atoms with Gasteiger partial charge >= 0.3 is 11.9 Å². The van der Waals surface area contributed by atoms with Crippen LogP contribution in [-0.2, 0) is 16.1 Å². The van der Waals surface area contributed by atoms with E-state index < -0.39 is 11.9 Å². The van der Waals surface area contributed by atoms with Crippen LogP contribution in [-0.4, -0.2) is 40.1 Å². The third-order valence-corrected chi connectivity index (χ3v) is 3.30. The summed E-state index contributed by atoms with van der Waals surface area (Å²) < 4.78 is 0.938. The second-order valence-electron chi connectivity index (χ2n) is 3.19. The van der Waals surface area contributed by atoms with Gasteiger partial charge < -0.3 is 10.2 Å². The highest BCUT2D eigenvalue weighted by Crippen LogP contribution is 2.21. The summed E-state index contributed by atoms with van der Waals surface area (Å²) in [5.41, 5.74) is 0.902. The van der Waals surface area contributed by atoms with Crippen molar-refractivity contribution in [2.75, 3.05) is 13.1 Å². The number of carboxylic acids is 2. The van der Waals surface area contributed by atoms with Crippen molar-refractivity contribution in [3.63, 3.8) is 0 Å². The van der Waals surface area contributed by atoms with E-state index in [0.717, 1.165) is 9.35 Å². The lowest BCUT2D eigenvalue weighted by atomic mass is 10.3. The van der Waals surface area contributed by atoms with Crippen molar-refractivity contribution in [1.82, 2.24) is 4.90 Å². The number of thiophene rings is 1. The molecule has 1 aromatic heterocycles. The minimum absolute atomic E-state index is 0.278. The summed E-state index contributed by atoms with van der Waals surface area (Å²) in [6, 6.07) is 1.85. The Hall–Kier alpha value is -0.920. The Bertz CT molecular complexity index is 377. The highest BCUT2D eigenvalue weighted by molar-refractivity contribution is 9.11. The van der Waals surface area contributed by atoms with Crippen molar-refractivity contribution < 1.29 is 19.8 Å². The Morgan fingerprint density at radius 2 is 1.88 bits per heavy atom. The van der Waals surface area contributed by atoms with Gasteiger partial charge in [-0.15, -0.1) is 11.3 Å². The number of carbonyl (C=O) groups is 2. The molecule has 2 N–H and O–H groups in total. The summed E-state index contributed by atoms with van der Waals surface area (Å²) in [5.74, 6) is -2.06. The molecule has 0 radical (unpaired) electrons. The van der Waals surface area contributed by atoms with Crippen LogP contribution in [0.25, 0.3) is 0 Å². The van der Waals surface area contributed by atoms with Gasteiger partial charge in [0.05, 0.1) is 16.9 Å². The lowest BCUT2D eigenvalue weighted by Gasteiger charge is -2.16. The highest BCUT2D eigenvalue weighted by atomic mass is 79.9. The Morgan fingerprint density at radius 3 is 2.25 bits per heavy atom. The van der Waals surface area contributed by atoms with E-state index in [2.05, 4.69) is 15.9 Å². The van der Waals surface area contributed by atoms with Crippen LogP contribution in [0.4, 0.5) is 0 Å². The normalized spacial score (nSPS) is 10.6. The van der Waals surface area contributed by atoms with Crippen LogP contribution < -0.4 is 0 Å². The van der Waals surface area contributed by atoms with Gasteiger partial charge in [-0.1, -0.05) is 0 Å². The minimum Gasteiger partial charge on any atom is -0.480 e.